The normalized spacial score (nSPS) is 23.1. The highest BCUT2D eigenvalue weighted by molar-refractivity contribution is 6.00. The number of rotatable bonds is 14. The minimum atomic E-state index is -1.58. The SMILES string of the molecule is OC[C@H]1O[C@@H](OCc2cn(-c3ccc(-c4c5nc(c(-c6ccccc6)c6ccc([nH]6)c(-c6ccccc6)c6nc(c(-c7ccc(-n8cc(CO[C@@H]9O[C@H](CO)[C@@H](O)[C@H](O)[C@H]9O)nn8)cc7)c7ccc4[nH]7)C=C6)C=C5)cc3)nn2)[C@H](O)[C@@H](O)[C@@H]1O. The van der Waals surface area contributed by atoms with Crippen LogP contribution in [-0.2, 0) is 32.2 Å². The first-order valence-electron chi connectivity index (χ1n) is 27.2. The number of aliphatic hydroxyl groups excluding tert-OH is 8. The Hall–Kier alpha value is -8.72. The van der Waals surface area contributed by atoms with Gasteiger partial charge >= 0.3 is 0 Å². The molecule has 0 unspecified atom stereocenters. The van der Waals surface area contributed by atoms with Crippen molar-refractivity contribution >= 4 is 46.4 Å². The number of nitrogens with one attached hydrogen (secondary N) is 2. The first-order chi connectivity index (χ1) is 41.0. The molecule has 2 saturated heterocycles. The molecular formula is C62H56N10O12. The molecule has 0 spiro atoms. The molecular weight excluding hydrogens is 1080 g/mol. The standard InChI is InChI=1S/C62H56N10O12/c73-29-49-55(75)57(77)59(79)61(83-49)81-31-37-27-71(69-67-37)39-15-11-35(12-16-39)53-45-23-21-43(64-45)51(33-7-3-1-4-8-33)41-19-20-42(63-41)52(34-9-5-2-6-10-34)44-22-24-46(65-44)54(48-26-25-47(53)66-48)36-13-17-40(18-14-36)72-28-38(68-70-72)32-82-62-60(80)58(78)56(76)50(30-74)84-62/h1-28,49-50,55-63,66,73-80H,29-32H2/t49-,50-,55-,56-,57+,58+,59-,60-,61-,62-/m1/s1. The van der Waals surface area contributed by atoms with Crippen molar-refractivity contribution in [3.05, 3.63) is 180 Å². The van der Waals surface area contributed by atoms with E-state index < -0.39 is 74.6 Å². The molecule has 5 aromatic heterocycles. The number of hydrogen-bond acceptors (Lipinski definition) is 18. The Balaban J connectivity index is 0.906. The van der Waals surface area contributed by atoms with Gasteiger partial charge in [0, 0.05) is 44.3 Å². The zero-order chi connectivity index (χ0) is 57.6. The van der Waals surface area contributed by atoms with Crippen LogP contribution in [0.25, 0.3) is 102 Å². The van der Waals surface area contributed by atoms with Gasteiger partial charge in [-0.25, -0.2) is 19.3 Å². The third kappa shape index (κ3) is 10.5. The van der Waals surface area contributed by atoms with E-state index in [0.29, 0.717) is 34.2 Å². The Morgan fingerprint density at radius 3 is 1.07 bits per heavy atom. The number of fused-ring (bicyclic) bond motifs is 8. The predicted molar refractivity (Wildman–Crippen MR) is 308 cm³/mol. The summed E-state index contributed by atoms with van der Waals surface area (Å²) in [6.45, 7) is -1.47. The van der Waals surface area contributed by atoms with Crippen LogP contribution in [0, 0.1) is 0 Å². The molecule has 426 valence electrons. The Morgan fingerprint density at radius 2 is 0.738 bits per heavy atom. The quantitative estimate of drug-likeness (QED) is 0.0676. The molecule has 0 aliphatic carbocycles. The van der Waals surface area contributed by atoms with Crippen LogP contribution in [0.4, 0.5) is 0 Å². The molecule has 22 nitrogen and oxygen atoms in total. The topological polar surface area (TPSA) is 318 Å². The van der Waals surface area contributed by atoms with Crippen molar-refractivity contribution in [2.75, 3.05) is 13.2 Å². The number of aliphatic hydroxyl groups is 8. The number of aromatic nitrogens is 10. The highest BCUT2D eigenvalue weighted by Gasteiger charge is 2.45. The second-order valence-electron chi connectivity index (χ2n) is 20.7. The molecule has 4 aliphatic heterocycles. The second-order valence-corrected chi connectivity index (χ2v) is 20.7. The molecule has 9 aromatic rings. The summed E-state index contributed by atoms with van der Waals surface area (Å²) in [5.74, 6) is 0. The fourth-order valence-corrected chi connectivity index (χ4v) is 10.9. The number of aromatic amines is 2. The molecule has 22 heteroatoms. The van der Waals surface area contributed by atoms with Gasteiger partial charge in [0.1, 0.15) is 60.2 Å². The Bertz CT molecular complexity index is 3810. The van der Waals surface area contributed by atoms with E-state index in [0.717, 1.165) is 78.0 Å². The lowest BCUT2D eigenvalue weighted by Crippen LogP contribution is -2.59. The summed E-state index contributed by atoms with van der Waals surface area (Å²) in [7, 11) is 0. The number of nitrogens with zero attached hydrogens (tertiary/aromatic N) is 8. The fraction of sp³-hybridized carbons (Fsp3) is 0.226. The van der Waals surface area contributed by atoms with Crippen LogP contribution in [0.15, 0.2) is 146 Å². The van der Waals surface area contributed by atoms with Crippen molar-refractivity contribution in [2.24, 2.45) is 0 Å². The number of ether oxygens (including phenoxy) is 4. The molecule has 10 atom stereocenters. The highest BCUT2D eigenvalue weighted by Crippen LogP contribution is 2.39. The van der Waals surface area contributed by atoms with Gasteiger partial charge in [-0.2, -0.15) is 0 Å². The smallest absolute Gasteiger partial charge is 0.187 e. The van der Waals surface area contributed by atoms with Crippen LogP contribution in [0.5, 0.6) is 0 Å². The number of H-pyrrole nitrogens is 2. The molecule has 0 saturated carbocycles. The fourth-order valence-electron chi connectivity index (χ4n) is 10.9. The summed E-state index contributed by atoms with van der Waals surface area (Å²) in [6, 6.07) is 44.1. The van der Waals surface area contributed by atoms with Gasteiger partial charge in [0.25, 0.3) is 0 Å². The minimum Gasteiger partial charge on any atom is -0.394 e. The van der Waals surface area contributed by atoms with Crippen LogP contribution in [-0.4, -0.2) is 165 Å². The van der Waals surface area contributed by atoms with Crippen LogP contribution < -0.4 is 0 Å². The van der Waals surface area contributed by atoms with E-state index in [1.807, 2.05) is 121 Å². The van der Waals surface area contributed by atoms with Crippen molar-refractivity contribution in [1.29, 1.82) is 0 Å². The van der Waals surface area contributed by atoms with Gasteiger partial charge in [0.2, 0.25) is 0 Å². The zero-order valence-corrected chi connectivity index (χ0v) is 44.6. The first kappa shape index (κ1) is 54.5. The maximum Gasteiger partial charge on any atom is 0.187 e. The Labute approximate surface area is 478 Å². The second kappa shape index (κ2) is 23.1. The molecule has 0 radical (unpaired) electrons. The average Bonchev–Trinajstić information content (AvgIpc) is 4.60. The van der Waals surface area contributed by atoms with Crippen molar-refractivity contribution in [3.63, 3.8) is 0 Å². The van der Waals surface area contributed by atoms with Crippen LogP contribution in [0.3, 0.4) is 0 Å². The van der Waals surface area contributed by atoms with Gasteiger partial charge in [-0.15, -0.1) is 10.2 Å². The van der Waals surface area contributed by atoms with Crippen molar-refractivity contribution < 1.29 is 59.8 Å². The molecule has 4 aliphatic rings. The van der Waals surface area contributed by atoms with E-state index in [-0.39, 0.29) is 13.2 Å². The van der Waals surface area contributed by atoms with Gasteiger partial charge < -0.3 is 69.8 Å². The van der Waals surface area contributed by atoms with E-state index in [4.69, 9.17) is 28.9 Å². The summed E-state index contributed by atoms with van der Waals surface area (Å²) in [6.07, 6.45) is -2.77. The van der Waals surface area contributed by atoms with Gasteiger partial charge in [0.15, 0.2) is 12.6 Å². The van der Waals surface area contributed by atoms with Crippen LogP contribution in [0.1, 0.15) is 34.2 Å². The van der Waals surface area contributed by atoms with Gasteiger partial charge in [0.05, 0.1) is 73.0 Å². The molecule has 2 fully saturated rings. The van der Waals surface area contributed by atoms with E-state index in [1.165, 1.54) is 0 Å². The maximum atomic E-state index is 10.5. The highest BCUT2D eigenvalue weighted by atomic mass is 16.7. The summed E-state index contributed by atoms with van der Waals surface area (Å²) in [5.41, 5.74) is 15.3. The molecule has 8 bridgehead atoms. The van der Waals surface area contributed by atoms with Gasteiger partial charge in [-0.1, -0.05) is 95.4 Å². The summed E-state index contributed by atoms with van der Waals surface area (Å²) in [4.78, 5) is 18.4. The minimum absolute atomic E-state index is 0.153. The van der Waals surface area contributed by atoms with Crippen LogP contribution >= 0.6 is 0 Å². The van der Waals surface area contributed by atoms with E-state index in [9.17, 15) is 40.9 Å². The first-order valence-corrected chi connectivity index (χ1v) is 27.2. The molecule has 13 rings (SSSR count). The summed E-state index contributed by atoms with van der Waals surface area (Å²) < 4.78 is 25.6. The molecule has 0 amide bonds. The third-order valence-electron chi connectivity index (χ3n) is 15.3. The van der Waals surface area contributed by atoms with E-state index in [2.05, 4.69) is 67.0 Å². The van der Waals surface area contributed by atoms with Crippen molar-refractivity contribution in [3.8, 4) is 55.9 Å². The predicted octanol–water partition coefficient (Wildman–Crippen LogP) is 5.12. The average molecular weight is 1130 g/mol. The largest absolute Gasteiger partial charge is 0.394 e. The summed E-state index contributed by atoms with van der Waals surface area (Å²) >= 11 is 0. The number of benzene rings is 4. The monoisotopic (exact) mass is 1130 g/mol. The lowest BCUT2D eigenvalue weighted by Gasteiger charge is -2.39. The van der Waals surface area contributed by atoms with E-state index >= 15 is 0 Å². The number of hydrogen-bond donors (Lipinski definition) is 10. The Kier molecular flexibility index (Phi) is 15.0. The summed E-state index contributed by atoms with van der Waals surface area (Å²) in [5, 5.41) is 98.4. The molecule has 4 aromatic carbocycles. The van der Waals surface area contributed by atoms with Gasteiger partial charge in [-0.05, 0) is 95.1 Å². The van der Waals surface area contributed by atoms with Gasteiger partial charge in [-0.3, -0.25) is 0 Å². The molecule has 9 heterocycles. The van der Waals surface area contributed by atoms with E-state index in [1.54, 1.807) is 21.8 Å². The Morgan fingerprint density at radius 1 is 0.405 bits per heavy atom. The van der Waals surface area contributed by atoms with Crippen molar-refractivity contribution in [2.45, 2.75) is 74.6 Å². The molecule has 10 N–H and O–H groups in total. The van der Waals surface area contributed by atoms with Crippen LogP contribution in [0.2, 0.25) is 0 Å². The lowest BCUT2D eigenvalue weighted by molar-refractivity contribution is -0.304. The zero-order valence-electron chi connectivity index (χ0n) is 44.6. The lowest BCUT2D eigenvalue weighted by atomic mass is 9.99. The molecule has 84 heavy (non-hydrogen) atoms. The van der Waals surface area contributed by atoms with Crippen molar-refractivity contribution in [1.82, 2.24) is 49.9 Å². The maximum absolute atomic E-state index is 10.5. The third-order valence-corrected chi connectivity index (χ3v) is 15.3.